The molecular weight excluding hydrogens is 236 g/mol. The van der Waals surface area contributed by atoms with Gasteiger partial charge in [-0.05, 0) is 25.0 Å². The Morgan fingerprint density at radius 1 is 1.24 bits per heavy atom. The molecule has 5 heteroatoms. The first-order valence-corrected chi connectivity index (χ1v) is 6.51. The molecule has 1 aliphatic carbocycles. The van der Waals surface area contributed by atoms with Gasteiger partial charge in [0.1, 0.15) is 0 Å². The van der Waals surface area contributed by atoms with Gasteiger partial charge in [0.25, 0.3) is 0 Å². The maximum Gasteiger partial charge on any atom is 0.321 e. The van der Waals surface area contributed by atoms with Gasteiger partial charge in [-0.25, -0.2) is 4.79 Å². The molecule has 1 fully saturated rings. The zero-order chi connectivity index (χ0) is 12.1. The molecule has 0 bridgehead atoms. The number of carbonyl (C=O) groups excluding carboxylic acids is 2. The Morgan fingerprint density at radius 3 is 2.59 bits per heavy atom. The number of hydrogen-bond acceptors (Lipinski definition) is 3. The molecule has 0 aromatic heterocycles. The van der Waals surface area contributed by atoms with Crippen LogP contribution in [0.5, 0.6) is 0 Å². The van der Waals surface area contributed by atoms with Crippen LogP contribution >= 0.6 is 11.8 Å². The van der Waals surface area contributed by atoms with Crippen LogP contribution in [-0.2, 0) is 4.79 Å². The summed E-state index contributed by atoms with van der Waals surface area (Å²) in [6, 6.07) is 9.51. The molecule has 0 radical (unpaired) electrons. The van der Waals surface area contributed by atoms with E-state index in [4.69, 9.17) is 0 Å². The van der Waals surface area contributed by atoms with E-state index in [1.165, 1.54) is 11.8 Å². The van der Waals surface area contributed by atoms with Crippen LogP contribution in [0.2, 0.25) is 0 Å². The van der Waals surface area contributed by atoms with Gasteiger partial charge >= 0.3 is 6.03 Å². The Labute approximate surface area is 104 Å². The second-order valence-corrected chi connectivity index (χ2v) is 4.95. The van der Waals surface area contributed by atoms with Crippen LogP contribution in [0.15, 0.2) is 35.2 Å². The molecule has 1 aromatic carbocycles. The van der Waals surface area contributed by atoms with Crippen molar-refractivity contribution in [3.8, 4) is 0 Å². The van der Waals surface area contributed by atoms with E-state index in [9.17, 15) is 9.59 Å². The van der Waals surface area contributed by atoms with E-state index in [0.717, 1.165) is 17.7 Å². The van der Waals surface area contributed by atoms with E-state index in [2.05, 4.69) is 10.6 Å². The van der Waals surface area contributed by atoms with Crippen molar-refractivity contribution >= 4 is 23.7 Å². The Morgan fingerprint density at radius 2 is 1.94 bits per heavy atom. The van der Waals surface area contributed by atoms with E-state index in [1.54, 1.807) is 0 Å². The summed E-state index contributed by atoms with van der Waals surface area (Å²) in [6.45, 7) is 0. The van der Waals surface area contributed by atoms with E-state index in [0.29, 0.717) is 0 Å². The van der Waals surface area contributed by atoms with Gasteiger partial charge in [0.2, 0.25) is 5.91 Å². The fourth-order valence-corrected chi connectivity index (χ4v) is 2.00. The SMILES string of the molecule is O=C(CSc1ccccc1)NC(=O)NC1CC1. The number of carbonyl (C=O) groups is 2. The molecule has 0 saturated heterocycles. The molecule has 1 aliphatic rings. The zero-order valence-corrected chi connectivity index (χ0v) is 10.1. The van der Waals surface area contributed by atoms with Crippen molar-refractivity contribution in [1.29, 1.82) is 0 Å². The molecule has 0 atom stereocenters. The van der Waals surface area contributed by atoms with Crippen LogP contribution < -0.4 is 10.6 Å². The number of thioether (sulfide) groups is 1. The van der Waals surface area contributed by atoms with E-state index >= 15 is 0 Å². The summed E-state index contributed by atoms with van der Waals surface area (Å²) < 4.78 is 0. The van der Waals surface area contributed by atoms with Crippen LogP contribution in [-0.4, -0.2) is 23.7 Å². The summed E-state index contributed by atoms with van der Waals surface area (Å²) in [7, 11) is 0. The third-order valence-electron chi connectivity index (χ3n) is 2.28. The van der Waals surface area contributed by atoms with Crippen LogP contribution in [0, 0.1) is 0 Å². The van der Waals surface area contributed by atoms with Crippen LogP contribution in [0.3, 0.4) is 0 Å². The second-order valence-electron chi connectivity index (χ2n) is 3.90. The molecule has 2 rings (SSSR count). The lowest BCUT2D eigenvalue weighted by Gasteiger charge is -2.05. The lowest BCUT2D eigenvalue weighted by Crippen LogP contribution is -2.41. The van der Waals surface area contributed by atoms with Crippen LogP contribution in [0.1, 0.15) is 12.8 Å². The highest BCUT2D eigenvalue weighted by Crippen LogP contribution is 2.18. The minimum absolute atomic E-state index is 0.252. The lowest BCUT2D eigenvalue weighted by molar-refractivity contribution is -0.117. The maximum absolute atomic E-state index is 11.4. The molecule has 90 valence electrons. The van der Waals surface area contributed by atoms with Gasteiger partial charge in [0.05, 0.1) is 5.75 Å². The topological polar surface area (TPSA) is 58.2 Å². The summed E-state index contributed by atoms with van der Waals surface area (Å²) in [5.41, 5.74) is 0. The fourth-order valence-electron chi connectivity index (χ4n) is 1.28. The molecule has 4 nitrogen and oxygen atoms in total. The molecule has 0 heterocycles. The quantitative estimate of drug-likeness (QED) is 0.801. The normalized spacial score (nSPS) is 14.1. The molecular formula is C12H14N2O2S. The standard InChI is InChI=1S/C12H14N2O2S/c15-11(14-12(16)13-9-6-7-9)8-17-10-4-2-1-3-5-10/h1-5,9H,6-8H2,(H2,13,14,15,16). The summed E-state index contributed by atoms with van der Waals surface area (Å²) in [5, 5.41) is 5.01. The Hall–Kier alpha value is -1.49. The van der Waals surface area contributed by atoms with Crippen LogP contribution in [0.4, 0.5) is 4.79 Å². The first-order valence-electron chi connectivity index (χ1n) is 5.52. The monoisotopic (exact) mass is 250 g/mol. The van der Waals surface area contributed by atoms with Gasteiger partial charge in [0.15, 0.2) is 0 Å². The summed E-state index contributed by atoms with van der Waals surface area (Å²) in [4.78, 5) is 23.7. The largest absolute Gasteiger partial charge is 0.335 e. The van der Waals surface area contributed by atoms with Gasteiger partial charge in [-0.2, -0.15) is 0 Å². The molecule has 0 unspecified atom stereocenters. The number of amides is 3. The molecule has 2 N–H and O–H groups in total. The Kier molecular flexibility index (Phi) is 4.03. The van der Waals surface area contributed by atoms with Gasteiger partial charge in [-0.15, -0.1) is 11.8 Å². The highest BCUT2D eigenvalue weighted by molar-refractivity contribution is 8.00. The second kappa shape index (κ2) is 5.72. The Balaban J connectivity index is 1.68. The summed E-state index contributed by atoms with van der Waals surface area (Å²) in [6.07, 6.45) is 2.03. The van der Waals surface area contributed by atoms with E-state index < -0.39 is 0 Å². The number of urea groups is 1. The number of benzene rings is 1. The van der Waals surface area contributed by atoms with Crippen molar-refractivity contribution in [1.82, 2.24) is 10.6 Å². The number of rotatable bonds is 4. The lowest BCUT2D eigenvalue weighted by atomic mass is 10.4. The predicted molar refractivity (Wildman–Crippen MR) is 66.9 cm³/mol. The summed E-state index contributed by atoms with van der Waals surface area (Å²) >= 11 is 1.41. The van der Waals surface area contributed by atoms with E-state index in [-0.39, 0.29) is 23.7 Å². The van der Waals surface area contributed by atoms with Crippen molar-refractivity contribution in [3.63, 3.8) is 0 Å². The molecule has 3 amide bonds. The third-order valence-corrected chi connectivity index (χ3v) is 3.29. The van der Waals surface area contributed by atoms with Gasteiger partial charge < -0.3 is 5.32 Å². The average Bonchev–Trinajstić information content (AvgIpc) is 3.11. The molecule has 1 saturated carbocycles. The van der Waals surface area contributed by atoms with Gasteiger partial charge in [0, 0.05) is 10.9 Å². The van der Waals surface area contributed by atoms with Gasteiger partial charge in [-0.3, -0.25) is 10.1 Å². The molecule has 17 heavy (non-hydrogen) atoms. The maximum atomic E-state index is 11.4. The first kappa shape index (κ1) is 12.0. The minimum Gasteiger partial charge on any atom is -0.335 e. The fraction of sp³-hybridized carbons (Fsp3) is 0.333. The average molecular weight is 250 g/mol. The Bertz CT molecular complexity index is 404. The minimum atomic E-state index is -0.383. The van der Waals surface area contributed by atoms with Crippen molar-refractivity contribution in [2.24, 2.45) is 0 Å². The first-order chi connectivity index (χ1) is 8.24. The van der Waals surface area contributed by atoms with E-state index in [1.807, 2.05) is 30.3 Å². The van der Waals surface area contributed by atoms with Crippen molar-refractivity contribution in [2.45, 2.75) is 23.8 Å². The molecule has 1 aromatic rings. The van der Waals surface area contributed by atoms with Crippen molar-refractivity contribution < 1.29 is 9.59 Å². The smallest absolute Gasteiger partial charge is 0.321 e. The zero-order valence-electron chi connectivity index (χ0n) is 9.31. The van der Waals surface area contributed by atoms with Crippen LogP contribution in [0.25, 0.3) is 0 Å². The number of nitrogens with one attached hydrogen (secondary N) is 2. The highest BCUT2D eigenvalue weighted by atomic mass is 32.2. The van der Waals surface area contributed by atoms with Crippen molar-refractivity contribution in [3.05, 3.63) is 30.3 Å². The predicted octanol–water partition coefficient (Wildman–Crippen LogP) is 1.77. The summed E-state index contributed by atoms with van der Waals surface area (Å²) in [5.74, 6) is -0.0146. The number of hydrogen-bond donors (Lipinski definition) is 2. The van der Waals surface area contributed by atoms with Crippen molar-refractivity contribution in [2.75, 3.05) is 5.75 Å². The molecule has 0 aliphatic heterocycles. The number of imide groups is 1. The van der Waals surface area contributed by atoms with Gasteiger partial charge in [-0.1, -0.05) is 18.2 Å². The molecule has 0 spiro atoms. The highest BCUT2D eigenvalue weighted by Gasteiger charge is 2.23. The third kappa shape index (κ3) is 4.48.